The first-order chi connectivity index (χ1) is 16.7. The number of carbonyl (C=O) groups excluding carboxylic acids is 1. The first-order valence-corrected chi connectivity index (χ1v) is 13.0. The van der Waals surface area contributed by atoms with Crippen molar-refractivity contribution in [3.05, 3.63) is 54.4 Å². The second kappa shape index (κ2) is 9.06. The number of fused-ring (bicyclic) bond motifs is 1. The Bertz CT molecular complexity index is 1150. The van der Waals surface area contributed by atoms with Gasteiger partial charge in [-0.2, -0.15) is 5.10 Å². The zero-order chi connectivity index (χ0) is 23.1. The fourth-order valence-electron chi connectivity index (χ4n) is 5.71. The molecular formula is C28H35N5O. The highest BCUT2D eigenvalue weighted by molar-refractivity contribution is 5.82. The van der Waals surface area contributed by atoms with Crippen LogP contribution in [0.4, 0.5) is 5.69 Å². The van der Waals surface area contributed by atoms with Gasteiger partial charge in [0.2, 0.25) is 5.91 Å². The summed E-state index contributed by atoms with van der Waals surface area (Å²) in [5.74, 6) is 1.36. The molecule has 0 atom stereocenters. The smallest absolute Gasteiger partial charge is 0.225 e. The largest absolute Gasteiger partial charge is 0.366 e. The Morgan fingerprint density at radius 3 is 2.32 bits per heavy atom. The third-order valence-corrected chi connectivity index (χ3v) is 8.10. The van der Waals surface area contributed by atoms with Crippen molar-refractivity contribution in [3.63, 3.8) is 0 Å². The minimum absolute atomic E-state index is 0.308. The van der Waals surface area contributed by atoms with Gasteiger partial charge in [0.1, 0.15) is 0 Å². The van der Waals surface area contributed by atoms with Gasteiger partial charge in [0, 0.05) is 50.1 Å². The molecule has 0 radical (unpaired) electrons. The molecule has 3 aromatic rings. The van der Waals surface area contributed by atoms with Crippen molar-refractivity contribution < 1.29 is 4.79 Å². The summed E-state index contributed by atoms with van der Waals surface area (Å²) in [6.45, 7) is 9.24. The van der Waals surface area contributed by atoms with Crippen LogP contribution in [0, 0.1) is 5.92 Å². The Labute approximate surface area is 202 Å². The molecule has 1 saturated carbocycles. The number of rotatable bonds is 5. The molecule has 0 bridgehead atoms. The molecule has 1 aliphatic carbocycles. The minimum atomic E-state index is 0.308. The molecule has 2 aliphatic heterocycles. The van der Waals surface area contributed by atoms with Gasteiger partial charge < -0.3 is 14.7 Å². The van der Waals surface area contributed by atoms with Crippen LogP contribution in [0.1, 0.15) is 44.1 Å². The number of carbonyl (C=O) groups is 1. The lowest BCUT2D eigenvalue weighted by atomic mass is 9.88. The summed E-state index contributed by atoms with van der Waals surface area (Å²) in [6, 6.07) is 13.6. The van der Waals surface area contributed by atoms with Crippen LogP contribution >= 0.6 is 0 Å². The maximum absolute atomic E-state index is 12.4. The molecule has 0 spiro atoms. The zero-order valence-corrected chi connectivity index (χ0v) is 20.2. The van der Waals surface area contributed by atoms with Gasteiger partial charge in [-0.05, 0) is 74.5 Å². The topological polar surface area (TPSA) is 44.1 Å². The highest BCUT2D eigenvalue weighted by Crippen LogP contribution is 2.33. The van der Waals surface area contributed by atoms with Crippen LogP contribution in [0.2, 0.25) is 0 Å². The Morgan fingerprint density at radius 1 is 0.912 bits per heavy atom. The van der Waals surface area contributed by atoms with E-state index < -0.39 is 0 Å². The maximum Gasteiger partial charge on any atom is 0.225 e. The van der Waals surface area contributed by atoms with Gasteiger partial charge in [-0.25, -0.2) is 4.52 Å². The number of amides is 1. The number of aromatic nitrogens is 2. The van der Waals surface area contributed by atoms with Crippen LogP contribution in [0.25, 0.3) is 16.6 Å². The quantitative estimate of drug-likeness (QED) is 0.574. The van der Waals surface area contributed by atoms with E-state index in [0.29, 0.717) is 17.7 Å². The lowest BCUT2D eigenvalue weighted by Crippen LogP contribution is -2.49. The van der Waals surface area contributed by atoms with E-state index >= 15 is 0 Å². The molecule has 0 unspecified atom stereocenters. The highest BCUT2D eigenvalue weighted by atomic mass is 16.2. The van der Waals surface area contributed by atoms with Gasteiger partial charge >= 0.3 is 0 Å². The first kappa shape index (κ1) is 21.7. The van der Waals surface area contributed by atoms with E-state index in [1.54, 1.807) is 0 Å². The van der Waals surface area contributed by atoms with Crippen molar-refractivity contribution in [2.24, 2.45) is 5.92 Å². The second-order valence-corrected chi connectivity index (χ2v) is 10.2. The van der Waals surface area contributed by atoms with Crippen molar-refractivity contribution in [2.75, 3.05) is 50.7 Å². The van der Waals surface area contributed by atoms with Gasteiger partial charge in [0.15, 0.2) is 0 Å². The SMILES string of the molecule is CCN1CCC(c2ccc(-c3cc4c(N5CCN(C(=O)C6CC6)CC5)ccnn4c3)cc2)CC1. The van der Waals surface area contributed by atoms with Gasteiger partial charge in [-0.15, -0.1) is 0 Å². The van der Waals surface area contributed by atoms with E-state index in [2.05, 4.69) is 69.3 Å². The molecule has 0 N–H and O–H groups in total. The monoisotopic (exact) mass is 457 g/mol. The van der Waals surface area contributed by atoms with E-state index in [1.807, 2.05) is 10.7 Å². The number of piperidine rings is 1. The number of hydrogen-bond acceptors (Lipinski definition) is 4. The highest BCUT2D eigenvalue weighted by Gasteiger charge is 2.34. The van der Waals surface area contributed by atoms with E-state index in [4.69, 9.17) is 0 Å². The molecule has 4 heterocycles. The van der Waals surface area contributed by atoms with E-state index in [9.17, 15) is 4.79 Å². The summed E-state index contributed by atoms with van der Waals surface area (Å²) >= 11 is 0. The summed E-state index contributed by atoms with van der Waals surface area (Å²) in [5.41, 5.74) is 6.26. The van der Waals surface area contributed by atoms with Crippen molar-refractivity contribution in [1.82, 2.24) is 19.4 Å². The Morgan fingerprint density at radius 2 is 1.65 bits per heavy atom. The van der Waals surface area contributed by atoms with Gasteiger partial charge in [-0.1, -0.05) is 31.2 Å². The average molecular weight is 458 g/mol. The van der Waals surface area contributed by atoms with E-state index in [1.165, 1.54) is 48.3 Å². The number of anilines is 1. The van der Waals surface area contributed by atoms with Crippen LogP contribution in [-0.2, 0) is 4.79 Å². The van der Waals surface area contributed by atoms with E-state index in [-0.39, 0.29) is 0 Å². The minimum Gasteiger partial charge on any atom is -0.366 e. The fourth-order valence-corrected chi connectivity index (χ4v) is 5.71. The molecule has 3 aliphatic rings. The summed E-state index contributed by atoms with van der Waals surface area (Å²) in [5, 5.41) is 4.58. The van der Waals surface area contributed by atoms with Crippen molar-refractivity contribution >= 4 is 17.1 Å². The summed E-state index contributed by atoms with van der Waals surface area (Å²) < 4.78 is 2.00. The standard InChI is InChI=1S/C28H35N5O/c1-2-30-13-10-23(11-14-30)21-3-5-22(6-4-21)25-19-27-26(9-12-29-33(27)20-25)31-15-17-32(18-16-31)28(34)24-7-8-24/h3-6,9,12,19-20,23-24H,2,7-8,10-11,13-18H2,1H3. The second-order valence-electron chi connectivity index (χ2n) is 10.2. The summed E-state index contributed by atoms with van der Waals surface area (Å²) in [7, 11) is 0. The summed E-state index contributed by atoms with van der Waals surface area (Å²) in [4.78, 5) is 19.4. The Kier molecular flexibility index (Phi) is 5.77. The zero-order valence-electron chi connectivity index (χ0n) is 20.2. The molecule has 6 rings (SSSR count). The van der Waals surface area contributed by atoms with Crippen LogP contribution in [0.15, 0.2) is 48.8 Å². The van der Waals surface area contributed by atoms with Crippen molar-refractivity contribution in [2.45, 2.75) is 38.5 Å². The van der Waals surface area contributed by atoms with Gasteiger partial charge in [0.05, 0.1) is 11.2 Å². The molecule has 34 heavy (non-hydrogen) atoms. The van der Waals surface area contributed by atoms with Crippen LogP contribution in [0.3, 0.4) is 0 Å². The van der Waals surface area contributed by atoms with Crippen molar-refractivity contribution in [3.8, 4) is 11.1 Å². The first-order valence-electron chi connectivity index (χ1n) is 13.0. The lowest BCUT2D eigenvalue weighted by Gasteiger charge is -2.36. The maximum atomic E-state index is 12.4. The number of hydrogen-bond donors (Lipinski definition) is 0. The number of piperazine rings is 1. The molecular weight excluding hydrogens is 422 g/mol. The predicted molar refractivity (Wildman–Crippen MR) is 136 cm³/mol. The fraction of sp³-hybridized carbons (Fsp3) is 0.500. The summed E-state index contributed by atoms with van der Waals surface area (Å²) in [6.07, 6.45) is 8.71. The molecule has 1 amide bonds. The number of likely N-dealkylation sites (tertiary alicyclic amines) is 1. The van der Waals surface area contributed by atoms with Crippen LogP contribution < -0.4 is 4.90 Å². The predicted octanol–water partition coefficient (Wildman–Crippen LogP) is 4.26. The molecule has 2 aromatic heterocycles. The third-order valence-electron chi connectivity index (χ3n) is 8.10. The molecule has 3 fully saturated rings. The van der Waals surface area contributed by atoms with E-state index in [0.717, 1.165) is 51.1 Å². The molecule has 2 saturated heterocycles. The molecule has 6 heteroatoms. The Balaban J connectivity index is 1.18. The third kappa shape index (κ3) is 4.20. The molecule has 6 nitrogen and oxygen atoms in total. The lowest BCUT2D eigenvalue weighted by molar-refractivity contribution is -0.132. The van der Waals surface area contributed by atoms with Crippen LogP contribution in [0.5, 0.6) is 0 Å². The Hall–Kier alpha value is -2.86. The van der Waals surface area contributed by atoms with Gasteiger partial charge in [0.25, 0.3) is 0 Å². The molecule has 1 aromatic carbocycles. The van der Waals surface area contributed by atoms with Gasteiger partial charge in [-0.3, -0.25) is 4.79 Å². The number of nitrogens with zero attached hydrogens (tertiary/aromatic N) is 5. The van der Waals surface area contributed by atoms with Crippen molar-refractivity contribution in [1.29, 1.82) is 0 Å². The van der Waals surface area contributed by atoms with Crippen LogP contribution in [-0.4, -0.2) is 71.1 Å². The molecule has 178 valence electrons. The average Bonchev–Trinajstić information content (AvgIpc) is 3.66. The normalized spacial score (nSPS) is 20.3. The number of benzene rings is 1.